The van der Waals surface area contributed by atoms with E-state index >= 15 is 0 Å². The molecule has 6 nitrogen and oxygen atoms in total. The zero-order chi connectivity index (χ0) is 18.2. The molecule has 0 aromatic rings. The molecule has 0 aromatic heterocycles. The van der Waals surface area contributed by atoms with Crippen molar-refractivity contribution in [1.29, 1.82) is 0 Å². The van der Waals surface area contributed by atoms with Crippen molar-refractivity contribution in [3.63, 3.8) is 0 Å². The average molecular weight is 372 g/mol. The third-order valence-corrected chi connectivity index (χ3v) is 7.72. The Kier molecular flexibility index (Phi) is 5.36. The molecule has 1 aliphatic carbocycles. The third-order valence-electron chi connectivity index (χ3n) is 5.88. The van der Waals surface area contributed by atoms with Crippen LogP contribution in [0, 0.1) is 17.3 Å². The molecule has 0 radical (unpaired) electrons. The number of hydrogen-bond donors (Lipinski definition) is 2. The van der Waals surface area contributed by atoms with Gasteiger partial charge in [0.05, 0.1) is 17.6 Å². The molecule has 3 rings (SSSR count). The summed E-state index contributed by atoms with van der Waals surface area (Å²) in [7, 11) is -2.84. The van der Waals surface area contributed by atoms with Crippen molar-refractivity contribution in [3.8, 4) is 0 Å². The Labute approximate surface area is 152 Å². The van der Waals surface area contributed by atoms with Gasteiger partial charge in [-0.15, -0.1) is 0 Å². The van der Waals surface area contributed by atoms with Crippen LogP contribution in [0.15, 0.2) is 4.99 Å². The fourth-order valence-corrected chi connectivity index (χ4v) is 6.46. The van der Waals surface area contributed by atoms with Gasteiger partial charge in [0.25, 0.3) is 0 Å². The summed E-state index contributed by atoms with van der Waals surface area (Å²) in [6, 6.07) is 0.621. The van der Waals surface area contributed by atoms with E-state index in [2.05, 4.69) is 38.3 Å². The lowest BCUT2D eigenvalue weighted by Crippen LogP contribution is -2.71. The van der Waals surface area contributed by atoms with E-state index < -0.39 is 9.84 Å². The van der Waals surface area contributed by atoms with Gasteiger partial charge in [-0.25, -0.2) is 8.42 Å². The largest absolute Gasteiger partial charge is 0.377 e. The van der Waals surface area contributed by atoms with Crippen LogP contribution in [0.4, 0.5) is 0 Å². The number of nitrogens with one attached hydrogen (secondary N) is 2. The number of rotatable bonds is 4. The van der Waals surface area contributed by atoms with E-state index in [-0.39, 0.29) is 23.1 Å². The number of ether oxygens (including phenoxy) is 1. The SMILES string of the molecule is CC(C)NC(=NCC1CCS(=O)(=O)C1)NC1C2CCCOC2C1(C)C. The number of sulfone groups is 1. The molecule has 2 heterocycles. The monoisotopic (exact) mass is 371 g/mol. The Morgan fingerprint density at radius 2 is 2.08 bits per heavy atom. The van der Waals surface area contributed by atoms with Crippen LogP contribution in [0.25, 0.3) is 0 Å². The standard InChI is InChI=1S/C18H33N3O3S/c1-12(2)20-17(19-10-13-7-9-25(22,23)11-13)21-15-14-6-5-8-24-16(14)18(15,3)4/h12-16H,5-11H2,1-4H3,(H2,19,20,21). The van der Waals surface area contributed by atoms with Gasteiger partial charge in [0, 0.05) is 36.6 Å². The van der Waals surface area contributed by atoms with Gasteiger partial charge in [-0.05, 0) is 39.0 Å². The van der Waals surface area contributed by atoms with Crippen LogP contribution in [-0.4, -0.2) is 57.2 Å². The van der Waals surface area contributed by atoms with Crippen LogP contribution in [0.3, 0.4) is 0 Å². The summed E-state index contributed by atoms with van der Waals surface area (Å²) in [5.74, 6) is 2.08. The van der Waals surface area contributed by atoms with Gasteiger partial charge in [0.1, 0.15) is 0 Å². The molecule has 4 unspecified atom stereocenters. The molecule has 4 atom stereocenters. The molecule has 7 heteroatoms. The highest BCUT2D eigenvalue weighted by atomic mass is 32.2. The molecule has 3 aliphatic rings. The first kappa shape index (κ1) is 19.0. The van der Waals surface area contributed by atoms with Gasteiger partial charge < -0.3 is 15.4 Å². The molecule has 1 saturated carbocycles. The molecule has 2 saturated heterocycles. The molecule has 0 amide bonds. The van der Waals surface area contributed by atoms with Crippen LogP contribution in [0.2, 0.25) is 0 Å². The molecule has 0 spiro atoms. The van der Waals surface area contributed by atoms with Crippen LogP contribution in [0.1, 0.15) is 47.0 Å². The number of aliphatic imine (C=N–C) groups is 1. The second kappa shape index (κ2) is 7.06. The second-order valence-corrected chi connectivity index (χ2v) is 11.0. The Balaban J connectivity index is 1.65. The molecule has 0 aromatic carbocycles. The van der Waals surface area contributed by atoms with E-state index in [0.29, 0.717) is 30.4 Å². The van der Waals surface area contributed by atoms with E-state index in [1.165, 1.54) is 6.42 Å². The summed E-state index contributed by atoms with van der Waals surface area (Å²) in [5.41, 5.74) is 0.0845. The fourth-order valence-electron chi connectivity index (χ4n) is 4.61. The van der Waals surface area contributed by atoms with Crippen molar-refractivity contribution in [2.45, 2.75) is 65.1 Å². The highest BCUT2D eigenvalue weighted by molar-refractivity contribution is 7.91. The van der Waals surface area contributed by atoms with Crippen molar-refractivity contribution in [2.75, 3.05) is 24.7 Å². The van der Waals surface area contributed by atoms with E-state index in [9.17, 15) is 8.42 Å². The molecule has 3 fully saturated rings. The van der Waals surface area contributed by atoms with E-state index in [0.717, 1.165) is 25.4 Å². The summed E-state index contributed by atoms with van der Waals surface area (Å²) < 4.78 is 29.3. The van der Waals surface area contributed by atoms with Crippen molar-refractivity contribution < 1.29 is 13.2 Å². The summed E-state index contributed by atoms with van der Waals surface area (Å²) in [5, 5.41) is 7.03. The van der Waals surface area contributed by atoms with Gasteiger partial charge in [0.2, 0.25) is 0 Å². The fraction of sp³-hybridized carbons (Fsp3) is 0.944. The number of hydrogen-bond acceptors (Lipinski definition) is 4. The van der Waals surface area contributed by atoms with Crippen molar-refractivity contribution in [2.24, 2.45) is 22.2 Å². The van der Waals surface area contributed by atoms with Crippen molar-refractivity contribution in [1.82, 2.24) is 10.6 Å². The summed E-state index contributed by atoms with van der Waals surface area (Å²) in [6.45, 7) is 10.1. The normalized spacial score (nSPS) is 36.6. The lowest BCUT2D eigenvalue weighted by atomic mass is 9.55. The zero-order valence-electron chi connectivity index (χ0n) is 15.9. The molecular weight excluding hydrogens is 338 g/mol. The topological polar surface area (TPSA) is 79.8 Å². The van der Waals surface area contributed by atoms with Gasteiger partial charge >= 0.3 is 0 Å². The minimum atomic E-state index is -2.84. The number of nitrogens with zero attached hydrogens (tertiary/aromatic N) is 1. The minimum Gasteiger partial charge on any atom is -0.377 e. The minimum absolute atomic E-state index is 0.0845. The predicted octanol–water partition coefficient (Wildman–Crippen LogP) is 1.57. The van der Waals surface area contributed by atoms with E-state index in [1.54, 1.807) is 0 Å². The first-order valence-corrected chi connectivity index (χ1v) is 11.4. The maximum atomic E-state index is 11.6. The Bertz CT molecular complexity index is 615. The molecule has 144 valence electrons. The second-order valence-electron chi connectivity index (χ2n) is 8.80. The quantitative estimate of drug-likeness (QED) is 0.579. The van der Waals surface area contributed by atoms with Gasteiger partial charge in [-0.1, -0.05) is 13.8 Å². The summed E-state index contributed by atoms with van der Waals surface area (Å²) >= 11 is 0. The molecule has 0 bridgehead atoms. The first-order valence-electron chi connectivity index (χ1n) is 9.58. The Morgan fingerprint density at radius 3 is 2.72 bits per heavy atom. The third kappa shape index (κ3) is 4.13. The maximum absolute atomic E-state index is 11.6. The smallest absolute Gasteiger partial charge is 0.191 e. The van der Waals surface area contributed by atoms with Crippen LogP contribution in [-0.2, 0) is 14.6 Å². The van der Waals surface area contributed by atoms with Gasteiger partial charge in [-0.2, -0.15) is 0 Å². The summed E-state index contributed by atoms with van der Waals surface area (Å²) in [6.07, 6.45) is 3.38. The van der Waals surface area contributed by atoms with Gasteiger partial charge in [-0.3, -0.25) is 4.99 Å². The van der Waals surface area contributed by atoms with Crippen LogP contribution < -0.4 is 10.6 Å². The lowest BCUT2D eigenvalue weighted by Gasteiger charge is -2.60. The predicted molar refractivity (Wildman–Crippen MR) is 101 cm³/mol. The van der Waals surface area contributed by atoms with Crippen LogP contribution in [0.5, 0.6) is 0 Å². The molecule has 2 N–H and O–H groups in total. The Morgan fingerprint density at radius 1 is 1.32 bits per heavy atom. The molecule has 2 aliphatic heterocycles. The highest BCUT2D eigenvalue weighted by Crippen LogP contribution is 2.51. The lowest BCUT2D eigenvalue weighted by molar-refractivity contribution is -0.188. The van der Waals surface area contributed by atoms with E-state index in [1.807, 2.05) is 0 Å². The van der Waals surface area contributed by atoms with Crippen molar-refractivity contribution in [3.05, 3.63) is 0 Å². The zero-order valence-corrected chi connectivity index (χ0v) is 16.7. The molecular formula is C18H33N3O3S. The van der Waals surface area contributed by atoms with E-state index in [4.69, 9.17) is 9.73 Å². The maximum Gasteiger partial charge on any atom is 0.191 e. The highest BCUT2D eigenvalue weighted by Gasteiger charge is 2.58. The van der Waals surface area contributed by atoms with Crippen molar-refractivity contribution >= 4 is 15.8 Å². The number of guanidine groups is 1. The summed E-state index contributed by atoms with van der Waals surface area (Å²) in [4.78, 5) is 4.73. The first-order chi connectivity index (χ1) is 11.7. The average Bonchev–Trinajstić information content (AvgIpc) is 2.88. The van der Waals surface area contributed by atoms with Gasteiger partial charge in [0.15, 0.2) is 15.8 Å². The Hall–Kier alpha value is -0.820. The van der Waals surface area contributed by atoms with Crippen LogP contribution >= 0.6 is 0 Å². The number of fused-ring (bicyclic) bond motifs is 1. The molecule has 25 heavy (non-hydrogen) atoms.